The Labute approximate surface area is 124 Å². The third-order valence-corrected chi connectivity index (χ3v) is 4.75. The van der Waals surface area contributed by atoms with E-state index >= 15 is 0 Å². The first-order valence-corrected chi connectivity index (χ1v) is 7.99. The van der Waals surface area contributed by atoms with Crippen LogP contribution in [0.3, 0.4) is 0 Å². The van der Waals surface area contributed by atoms with Gasteiger partial charge in [0.2, 0.25) is 0 Å². The second-order valence-corrected chi connectivity index (χ2v) is 7.29. The van der Waals surface area contributed by atoms with Gasteiger partial charge in [-0.3, -0.25) is 4.40 Å². The van der Waals surface area contributed by atoms with Crippen molar-refractivity contribution in [2.75, 3.05) is 6.61 Å². The van der Waals surface area contributed by atoms with Crippen molar-refractivity contribution in [3.63, 3.8) is 0 Å². The highest BCUT2D eigenvalue weighted by Crippen LogP contribution is 2.24. The summed E-state index contributed by atoms with van der Waals surface area (Å²) in [5.41, 5.74) is 3.68. The van der Waals surface area contributed by atoms with Crippen molar-refractivity contribution in [2.24, 2.45) is 5.41 Å². The van der Waals surface area contributed by atoms with E-state index in [4.69, 9.17) is 0 Å². The molecule has 1 atom stereocenters. The lowest BCUT2D eigenvalue weighted by Crippen LogP contribution is -2.40. The average Bonchev–Trinajstić information content (AvgIpc) is 2.84. The van der Waals surface area contributed by atoms with Crippen molar-refractivity contribution in [1.29, 1.82) is 0 Å². The third-order valence-electron chi connectivity index (χ3n) is 3.81. The van der Waals surface area contributed by atoms with Gasteiger partial charge in [-0.15, -0.1) is 11.3 Å². The molecule has 2 heterocycles. The number of rotatable bonds is 5. The van der Waals surface area contributed by atoms with E-state index < -0.39 is 0 Å². The van der Waals surface area contributed by atoms with E-state index in [0.717, 1.165) is 23.6 Å². The third kappa shape index (κ3) is 3.05. The van der Waals surface area contributed by atoms with Gasteiger partial charge in [0.1, 0.15) is 0 Å². The summed E-state index contributed by atoms with van der Waals surface area (Å²) in [6, 6.07) is 0.288. The Morgan fingerprint density at radius 1 is 1.40 bits per heavy atom. The lowest BCUT2D eigenvalue weighted by molar-refractivity contribution is 0.196. The predicted molar refractivity (Wildman–Crippen MR) is 84.3 cm³/mol. The molecule has 4 nitrogen and oxygen atoms in total. The second-order valence-electron chi connectivity index (χ2n) is 6.45. The fourth-order valence-electron chi connectivity index (χ4n) is 2.57. The van der Waals surface area contributed by atoms with Crippen LogP contribution >= 0.6 is 11.3 Å². The zero-order chi connectivity index (χ0) is 14.9. The number of thiazole rings is 1. The van der Waals surface area contributed by atoms with E-state index in [1.54, 1.807) is 11.3 Å². The Morgan fingerprint density at radius 3 is 2.70 bits per heavy atom. The van der Waals surface area contributed by atoms with E-state index in [-0.39, 0.29) is 18.1 Å². The SMILES string of the molecule is Cc1nc2scc(C)n2c1CNC(CCO)C(C)(C)C. The number of aliphatic hydroxyl groups is 1. The normalized spacial score (nSPS) is 14.1. The molecule has 0 saturated carbocycles. The molecule has 0 aromatic carbocycles. The number of imidazole rings is 1. The fourth-order valence-corrected chi connectivity index (χ4v) is 3.50. The highest BCUT2D eigenvalue weighted by molar-refractivity contribution is 7.15. The van der Waals surface area contributed by atoms with Gasteiger partial charge in [-0.25, -0.2) is 4.98 Å². The molecular weight excluding hydrogens is 270 g/mol. The van der Waals surface area contributed by atoms with Gasteiger partial charge in [-0.2, -0.15) is 0 Å². The van der Waals surface area contributed by atoms with Crippen LogP contribution < -0.4 is 5.32 Å². The summed E-state index contributed by atoms with van der Waals surface area (Å²) in [7, 11) is 0. The summed E-state index contributed by atoms with van der Waals surface area (Å²) in [5.74, 6) is 0. The summed E-state index contributed by atoms with van der Waals surface area (Å²) >= 11 is 1.68. The summed E-state index contributed by atoms with van der Waals surface area (Å²) in [6.45, 7) is 11.8. The van der Waals surface area contributed by atoms with Crippen LogP contribution in [0, 0.1) is 19.3 Å². The van der Waals surface area contributed by atoms with E-state index in [1.165, 1.54) is 11.4 Å². The minimum absolute atomic E-state index is 0.129. The number of hydrogen-bond acceptors (Lipinski definition) is 4. The predicted octanol–water partition coefficient (Wildman–Crippen LogP) is 2.90. The first-order chi connectivity index (χ1) is 9.34. The van der Waals surface area contributed by atoms with Crippen molar-refractivity contribution in [2.45, 2.75) is 53.6 Å². The van der Waals surface area contributed by atoms with Crippen LogP contribution in [-0.2, 0) is 6.54 Å². The lowest BCUT2D eigenvalue weighted by Gasteiger charge is -2.31. The number of aromatic nitrogens is 2. The van der Waals surface area contributed by atoms with Crippen LogP contribution in [0.4, 0.5) is 0 Å². The molecule has 0 aliphatic rings. The van der Waals surface area contributed by atoms with Crippen molar-refractivity contribution in [3.05, 3.63) is 22.5 Å². The second kappa shape index (κ2) is 5.84. The highest BCUT2D eigenvalue weighted by Gasteiger charge is 2.24. The molecule has 5 heteroatoms. The molecule has 1 unspecified atom stereocenters. The maximum atomic E-state index is 9.24. The van der Waals surface area contributed by atoms with Crippen LogP contribution in [0.25, 0.3) is 4.96 Å². The van der Waals surface area contributed by atoms with Crippen molar-refractivity contribution in [3.8, 4) is 0 Å². The monoisotopic (exact) mass is 295 g/mol. The molecule has 0 bridgehead atoms. The molecule has 2 rings (SSSR count). The first kappa shape index (κ1) is 15.5. The maximum absolute atomic E-state index is 9.24. The Kier molecular flexibility index (Phi) is 4.52. The Balaban J connectivity index is 2.19. The van der Waals surface area contributed by atoms with Gasteiger partial charge in [-0.05, 0) is 25.7 Å². The molecule has 2 aromatic rings. The van der Waals surface area contributed by atoms with Gasteiger partial charge >= 0.3 is 0 Å². The van der Waals surface area contributed by atoms with Gasteiger partial charge in [0.05, 0.1) is 11.4 Å². The molecule has 2 aromatic heterocycles. The van der Waals surface area contributed by atoms with Crippen LogP contribution in [0.1, 0.15) is 44.3 Å². The molecule has 0 radical (unpaired) electrons. The van der Waals surface area contributed by atoms with Crippen molar-refractivity contribution in [1.82, 2.24) is 14.7 Å². The summed E-state index contributed by atoms with van der Waals surface area (Å²) in [5, 5.41) is 15.0. The highest BCUT2D eigenvalue weighted by atomic mass is 32.1. The van der Waals surface area contributed by atoms with Gasteiger partial charge in [0.15, 0.2) is 4.96 Å². The quantitative estimate of drug-likeness (QED) is 0.891. The zero-order valence-corrected chi connectivity index (χ0v) is 13.8. The molecule has 0 aliphatic heterocycles. The van der Waals surface area contributed by atoms with E-state index in [9.17, 15) is 5.11 Å². The van der Waals surface area contributed by atoms with E-state index in [2.05, 4.69) is 54.7 Å². The fraction of sp³-hybridized carbons (Fsp3) is 0.667. The molecule has 2 N–H and O–H groups in total. The molecule has 0 spiro atoms. The maximum Gasteiger partial charge on any atom is 0.194 e. The van der Waals surface area contributed by atoms with Gasteiger partial charge in [0.25, 0.3) is 0 Å². The minimum atomic E-state index is 0.129. The average molecular weight is 295 g/mol. The Hall–Kier alpha value is -0.910. The van der Waals surface area contributed by atoms with Crippen molar-refractivity contribution < 1.29 is 5.11 Å². The lowest BCUT2D eigenvalue weighted by atomic mass is 9.85. The van der Waals surface area contributed by atoms with E-state index in [1.807, 2.05) is 0 Å². The van der Waals surface area contributed by atoms with Gasteiger partial charge in [-0.1, -0.05) is 20.8 Å². The molecule has 0 aliphatic carbocycles. The number of hydrogen-bond donors (Lipinski definition) is 2. The van der Waals surface area contributed by atoms with Gasteiger partial charge < -0.3 is 10.4 Å². The first-order valence-electron chi connectivity index (χ1n) is 7.11. The topological polar surface area (TPSA) is 49.6 Å². The zero-order valence-electron chi connectivity index (χ0n) is 13.0. The van der Waals surface area contributed by atoms with Gasteiger partial charge in [0, 0.05) is 30.3 Å². The number of aryl methyl sites for hydroxylation is 2. The summed E-state index contributed by atoms with van der Waals surface area (Å²) < 4.78 is 2.23. The molecular formula is C15H25N3OS. The summed E-state index contributed by atoms with van der Waals surface area (Å²) in [6.07, 6.45) is 0.771. The molecule has 0 saturated heterocycles. The molecule has 20 heavy (non-hydrogen) atoms. The number of nitrogens with zero attached hydrogens (tertiary/aromatic N) is 2. The molecule has 0 amide bonds. The number of aliphatic hydroxyl groups excluding tert-OH is 1. The Bertz CT molecular complexity index is 580. The van der Waals surface area contributed by atoms with Crippen LogP contribution in [0.15, 0.2) is 5.38 Å². The van der Waals surface area contributed by atoms with Crippen molar-refractivity contribution >= 4 is 16.3 Å². The molecule has 0 fully saturated rings. The number of fused-ring (bicyclic) bond motifs is 1. The Morgan fingerprint density at radius 2 is 2.10 bits per heavy atom. The largest absolute Gasteiger partial charge is 0.396 e. The smallest absolute Gasteiger partial charge is 0.194 e. The van der Waals surface area contributed by atoms with E-state index in [0.29, 0.717) is 0 Å². The minimum Gasteiger partial charge on any atom is -0.396 e. The standard InChI is InChI=1S/C15H25N3OS/c1-10-9-20-14-17-11(2)12(18(10)14)8-16-13(6-7-19)15(3,4)5/h9,13,16,19H,6-8H2,1-5H3. The molecule has 112 valence electrons. The summed E-state index contributed by atoms with van der Waals surface area (Å²) in [4.78, 5) is 5.67. The van der Waals surface area contributed by atoms with Crippen LogP contribution in [0.2, 0.25) is 0 Å². The van der Waals surface area contributed by atoms with Crippen LogP contribution in [0.5, 0.6) is 0 Å². The number of nitrogens with one attached hydrogen (secondary N) is 1. The van der Waals surface area contributed by atoms with Crippen LogP contribution in [-0.4, -0.2) is 27.1 Å².